The Hall–Kier alpha value is -3.99. The molecule has 0 atom stereocenters. The van der Waals surface area contributed by atoms with E-state index in [1.54, 1.807) is 53.5 Å². The minimum Gasteiger partial charge on any atom is -0.319 e. The number of aromatic nitrogens is 2. The third-order valence-corrected chi connectivity index (χ3v) is 4.81. The van der Waals surface area contributed by atoms with Crippen LogP contribution in [-0.2, 0) is 6.54 Å². The largest absolute Gasteiger partial charge is 0.319 e. The second-order valence-electron chi connectivity index (χ2n) is 7.11. The van der Waals surface area contributed by atoms with Crippen LogP contribution >= 0.6 is 0 Å². The second-order valence-corrected chi connectivity index (χ2v) is 7.11. The van der Waals surface area contributed by atoms with Crippen molar-refractivity contribution in [1.29, 1.82) is 0 Å². The molecule has 0 spiro atoms. The number of rotatable bonds is 6. The van der Waals surface area contributed by atoms with Crippen molar-refractivity contribution in [3.05, 3.63) is 119 Å². The molecule has 5 heteroatoms. The van der Waals surface area contributed by atoms with Gasteiger partial charge in [0, 0.05) is 17.3 Å². The summed E-state index contributed by atoms with van der Waals surface area (Å²) in [6.07, 6.45) is 3.38. The zero-order chi connectivity index (χ0) is 20.9. The first kappa shape index (κ1) is 19.3. The number of anilines is 1. The number of ketones is 1. The Morgan fingerprint density at radius 3 is 2.27 bits per heavy atom. The van der Waals surface area contributed by atoms with Gasteiger partial charge in [-0.25, -0.2) is 0 Å². The smallest absolute Gasteiger partial charge is 0.256 e. The fourth-order valence-electron chi connectivity index (χ4n) is 3.22. The molecule has 1 N–H and O–H groups in total. The zero-order valence-electron chi connectivity index (χ0n) is 16.6. The van der Waals surface area contributed by atoms with Crippen LogP contribution in [0, 0.1) is 6.92 Å². The summed E-state index contributed by atoms with van der Waals surface area (Å²) in [5.74, 6) is -0.522. The molecule has 0 saturated carbocycles. The van der Waals surface area contributed by atoms with E-state index in [0.717, 1.165) is 11.1 Å². The SMILES string of the molecule is Cc1ccc(C(=O)c2ccccc2C(=O)Nc2cnn(Cc3ccccc3)c2)cc1. The van der Waals surface area contributed by atoms with Crippen molar-refractivity contribution < 1.29 is 9.59 Å². The zero-order valence-corrected chi connectivity index (χ0v) is 16.6. The highest BCUT2D eigenvalue weighted by Gasteiger charge is 2.18. The van der Waals surface area contributed by atoms with Gasteiger partial charge in [-0.15, -0.1) is 0 Å². The van der Waals surface area contributed by atoms with Crippen LogP contribution in [0.25, 0.3) is 0 Å². The van der Waals surface area contributed by atoms with E-state index in [0.29, 0.717) is 28.9 Å². The number of nitrogens with zero attached hydrogens (tertiary/aromatic N) is 2. The lowest BCUT2D eigenvalue weighted by Gasteiger charge is -2.09. The van der Waals surface area contributed by atoms with Gasteiger partial charge in [0.1, 0.15) is 0 Å². The molecule has 30 heavy (non-hydrogen) atoms. The first-order valence-corrected chi connectivity index (χ1v) is 9.68. The van der Waals surface area contributed by atoms with E-state index in [-0.39, 0.29) is 11.7 Å². The van der Waals surface area contributed by atoms with Gasteiger partial charge in [0.15, 0.2) is 5.78 Å². The molecule has 3 aromatic carbocycles. The Bertz CT molecular complexity index is 1180. The van der Waals surface area contributed by atoms with Crippen molar-refractivity contribution in [2.24, 2.45) is 0 Å². The van der Waals surface area contributed by atoms with Crippen molar-refractivity contribution in [3.8, 4) is 0 Å². The van der Waals surface area contributed by atoms with Crippen LogP contribution in [0.5, 0.6) is 0 Å². The molecule has 0 aliphatic heterocycles. The van der Waals surface area contributed by atoms with Gasteiger partial charge in [-0.3, -0.25) is 14.3 Å². The predicted octanol–water partition coefficient (Wildman–Crippen LogP) is 4.72. The van der Waals surface area contributed by atoms with Crippen LogP contribution in [0.4, 0.5) is 5.69 Å². The number of amides is 1. The number of carbonyl (C=O) groups is 2. The molecule has 0 aliphatic rings. The minimum absolute atomic E-state index is 0.180. The average Bonchev–Trinajstić information content (AvgIpc) is 3.21. The Morgan fingerprint density at radius 1 is 0.867 bits per heavy atom. The average molecular weight is 395 g/mol. The van der Waals surface area contributed by atoms with Gasteiger partial charge in [-0.1, -0.05) is 78.4 Å². The van der Waals surface area contributed by atoms with Crippen molar-refractivity contribution in [2.75, 3.05) is 5.32 Å². The monoisotopic (exact) mass is 395 g/mol. The lowest BCUT2D eigenvalue weighted by molar-refractivity contribution is 0.0996. The first-order chi connectivity index (χ1) is 14.6. The number of benzene rings is 3. The molecule has 0 bridgehead atoms. The summed E-state index contributed by atoms with van der Waals surface area (Å²) in [5.41, 5.74) is 4.03. The lowest BCUT2D eigenvalue weighted by atomic mass is 9.97. The number of carbonyl (C=O) groups excluding carboxylic acids is 2. The van der Waals surface area contributed by atoms with Gasteiger partial charge in [0.05, 0.1) is 24.0 Å². The van der Waals surface area contributed by atoms with Crippen LogP contribution < -0.4 is 5.32 Å². The maximum absolute atomic E-state index is 12.9. The van der Waals surface area contributed by atoms with Gasteiger partial charge < -0.3 is 5.32 Å². The molecule has 4 rings (SSSR count). The minimum atomic E-state index is -0.342. The molecule has 148 valence electrons. The van der Waals surface area contributed by atoms with E-state index < -0.39 is 0 Å². The van der Waals surface area contributed by atoms with Crippen LogP contribution in [-0.4, -0.2) is 21.5 Å². The van der Waals surface area contributed by atoms with Crippen LogP contribution in [0.2, 0.25) is 0 Å². The molecule has 5 nitrogen and oxygen atoms in total. The molecule has 1 heterocycles. The Balaban J connectivity index is 1.52. The van der Waals surface area contributed by atoms with Gasteiger partial charge in [-0.05, 0) is 18.6 Å². The summed E-state index contributed by atoms with van der Waals surface area (Å²) in [6.45, 7) is 2.58. The quantitative estimate of drug-likeness (QED) is 0.480. The molecule has 0 aliphatic carbocycles. The van der Waals surface area contributed by atoms with E-state index in [2.05, 4.69) is 10.4 Å². The topological polar surface area (TPSA) is 64.0 Å². The maximum Gasteiger partial charge on any atom is 0.256 e. The van der Waals surface area contributed by atoms with Crippen molar-refractivity contribution in [1.82, 2.24) is 9.78 Å². The highest BCUT2D eigenvalue weighted by Crippen LogP contribution is 2.17. The molecule has 0 unspecified atom stereocenters. The summed E-state index contributed by atoms with van der Waals surface area (Å²) < 4.78 is 1.76. The summed E-state index contributed by atoms with van der Waals surface area (Å²) >= 11 is 0. The third-order valence-electron chi connectivity index (χ3n) is 4.81. The van der Waals surface area contributed by atoms with Gasteiger partial charge in [-0.2, -0.15) is 5.10 Å². The molecule has 4 aromatic rings. The fourth-order valence-corrected chi connectivity index (χ4v) is 3.22. The number of nitrogens with one attached hydrogen (secondary N) is 1. The van der Waals surface area contributed by atoms with E-state index in [9.17, 15) is 9.59 Å². The van der Waals surface area contributed by atoms with E-state index >= 15 is 0 Å². The summed E-state index contributed by atoms with van der Waals surface area (Å²) in [6, 6.07) is 24.1. The predicted molar refractivity (Wildman–Crippen MR) is 117 cm³/mol. The molecular weight excluding hydrogens is 374 g/mol. The summed E-state index contributed by atoms with van der Waals surface area (Å²) in [4.78, 5) is 25.8. The Labute approximate surface area is 175 Å². The molecule has 1 aromatic heterocycles. The van der Waals surface area contributed by atoms with Crippen LogP contribution in [0.15, 0.2) is 91.3 Å². The molecule has 0 radical (unpaired) electrons. The van der Waals surface area contributed by atoms with Crippen LogP contribution in [0.1, 0.15) is 37.4 Å². The molecular formula is C25H21N3O2. The first-order valence-electron chi connectivity index (χ1n) is 9.68. The Kier molecular flexibility index (Phi) is 5.52. The van der Waals surface area contributed by atoms with E-state index in [1.165, 1.54) is 0 Å². The number of hydrogen-bond donors (Lipinski definition) is 1. The van der Waals surface area contributed by atoms with Crippen molar-refractivity contribution >= 4 is 17.4 Å². The normalized spacial score (nSPS) is 10.6. The maximum atomic E-state index is 12.9. The second kappa shape index (κ2) is 8.57. The third kappa shape index (κ3) is 4.36. The molecule has 1 amide bonds. The fraction of sp³-hybridized carbons (Fsp3) is 0.0800. The number of aryl methyl sites for hydroxylation is 1. The number of hydrogen-bond acceptors (Lipinski definition) is 3. The summed E-state index contributed by atoms with van der Waals surface area (Å²) in [7, 11) is 0. The summed E-state index contributed by atoms with van der Waals surface area (Å²) in [5, 5.41) is 7.15. The highest BCUT2D eigenvalue weighted by molar-refractivity contribution is 6.17. The Morgan fingerprint density at radius 2 is 1.53 bits per heavy atom. The molecule has 0 fully saturated rings. The van der Waals surface area contributed by atoms with Gasteiger partial charge >= 0.3 is 0 Å². The lowest BCUT2D eigenvalue weighted by Crippen LogP contribution is -2.16. The highest BCUT2D eigenvalue weighted by atomic mass is 16.2. The van der Waals surface area contributed by atoms with Gasteiger partial charge in [0.25, 0.3) is 5.91 Å². The van der Waals surface area contributed by atoms with Crippen LogP contribution in [0.3, 0.4) is 0 Å². The van der Waals surface area contributed by atoms with Crippen molar-refractivity contribution in [3.63, 3.8) is 0 Å². The van der Waals surface area contributed by atoms with E-state index in [4.69, 9.17) is 0 Å². The standard InChI is InChI=1S/C25H21N3O2/c1-18-11-13-20(14-12-18)24(29)22-9-5-6-10-23(22)25(30)27-21-15-26-28(17-21)16-19-7-3-2-4-8-19/h2-15,17H,16H2,1H3,(H,27,30). The van der Waals surface area contributed by atoms with Crippen molar-refractivity contribution in [2.45, 2.75) is 13.5 Å². The van der Waals surface area contributed by atoms with Gasteiger partial charge in [0.2, 0.25) is 0 Å². The van der Waals surface area contributed by atoms with E-state index in [1.807, 2.05) is 49.4 Å². The molecule has 0 saturated heterocycles.